The van der Waals surface area contributed by atoms with E-state index in [4.69, 9.17) is 9.47 Å². The van der Waals surface area contributed by atoms with Crippen LogP contribution in [0, 0.1) is 0 Å². The highest BCUT2D eigenvalue weighted by molar-refractivity contribution is 5.64. The van der Waals surface area contributed by atoms with Crippen LogP contribution in [0.5, 0.6) is 11.8 Å². The zero-order valence-corrected chi connectivity index (χ0v) is 15.0. The van der Waals surface area contributed by atoms with Crippen molar-refractivity contribution in [2.75, 3.05) is 25.2 Å². The first-order chi connectivity index (χ1) is 12.4. The van der Waals surface area contributed by atoms with Crippen LogP contribution in [-0.4, -0.2) is 30.2 Å². The van der Waals surface area contributed by atoms with Crippen molar-refractivity contribution in [3.8, 4) is 11.8 Å². The Morgan fingerprint density at radius 3 is 2.58 bits per heavy atom. The molecule has 0 unspecified atom stereocenters. The summed E-state index contributed by atoms with van der Waals surface area (Å²) in [5, 5.41) is 0. The predicted octanol–water partition coefficient (Wildman–Crippen LogP) is 4.84. The summed E-state index contributed by atoms with van der Waals surface area (Å²) < 4.78 is 50.9. The standard InChI is InChI=1S/C18H22F3N3O2/c1-4-6-10-26-17-22-12-15(18(19,20)21)16(23-17)24(3)13-8-7-9-14(11-13)25-5-2/h7-9,11-12H,4-6,10H2,1-3H3. The number of rotatable bonds is 8. The van der Waals surface area contributed by atoms with Gasteiger partial charge < -0.3 is 14.4 Å². The number of benzene rings is 1. The molecule has 0 fully saturated rings. The smallest absolute Gasteiger partial charge is 0.421 e. The van der Waals surface area contributed by atoms with Crippen molar-refractivity contribution < 1.29 is 22.6 Å². The zero-order valence-electron chi connectivity index (χ0n) is 15.0. The van der Waals surface area contributed by atoms with Crippen LogP contribution in [0.4, 0.5) is 24.7 Å². The van der Waals surface area contributed by atoms with Crippen molar-refractivity contribution in [2.24, 2.45) is 0 Å². The van der Waals surface area contributed by atoms with Crippen LogP contribution in [0.15, 0.2) is 30.5 Å². The van der Waals surface area contributed by atoms with Crippen LogP contribution >= 0.6 is 0 Å². The number of hydrogen-bond acceptors (Lipinski definition) is 5. The van der Waals surface area contributed by atoms with Crippen LogP contribution in [0.2, 0.25) is 0 Å². The van der Waals surface area contributed by atoms with Gasteiger partial charge in [-0.1, -0.05) is 19.4 Å². The second kappa shape index (κ2) is 8.73. The van der Waals surface area contributed by atoms with Crippen molar-refractivity contribution in [3.63, 3.8) is 0 Å². The third-order valence-corrected chi connectivity index (χ3v) is 3.61. The van der Waals surface area contributed by atoms with Crippen molar-refractivity contribution in [1.29, 1.82) is 0 Å². The minimum absolute atomic E-state index is 0.0748. The molecule has 26 heavy (non-hydrogen) atoms. The number of ether oxygens (including phenoxy) is 2. The molecule has 2 rings (SSSR count). The topological polar surface area (TPSA) is 47.5 Å². The fourth-order valence-corrected chi connectivity index (χ4v) is 2.26. The normalized spacial score (nSPS) is 11.3. The highest BCUT2D eigenvalue weighted by Crippen LogP contribution is 2.38. The van der Waals surface area contributed by atoms with Gasteiger partial charge in [0.25, 0.3) is 0 Å². The molecule has 142 valence electrons. The van der Waals surface area contributed by atoms with Gasteiger partial charge in [0.1, 0.15) is 11.3 Å². The molecule has 0 aliphatic rings. The van der Waals surface area contributed by atoms with Gasteiger partial charge in [-0.15, -0.1) is 0 Å². The summed E-state index contributed by atoms with van der Waals surface area (Å²) in [5.41, 5.74) is -0.413. The number of hydrogen-bond donors (Lipinski definition) is 0. The second-order valence-corrected chi connectivity index (χ2v) is 5.58. The Hall–Kier alpha value is -2.51. The van der Waals surface area contributed by atoms with Crippen LogP contribution in [-0.2, 0) is 6.18 Å². The molecule has 0 bridgehead atoms. The van der Waals surface area contributed by atoms with Crippen LogP contribution in [0.3, 0.4) is 0 Å². The van der Waals surface area contributed by atoms with E-state index >= 15 is 0 Å². The highest BCUT2D eigenvalue weighted by Gasteiger charge is 2.36. The van der Waals surface area contributed by atoms with Crippen molar-refractivity contribution >= 4 is 11.5 Å². The van der Waals surface area contributed by atoms with Gasteiger partial charge >= 0.3 is 12.2 Å². The van der Waals surface area contributed by atoms with E-state index in [9.17, 15) is 13.2 Å². The van der Waals surface area contributed by atoms with Gasteiger partial charge in [-0.25, -0.2) is 4.98 Å². The first kappa shape index (κ1) is 19.8. The first-order valence-electron chi connectivity index (χ1n) is 8.40. The number of anilines is 2. The average Bonchev–Trinajstić information content (AvgIpc) is 2.61. The summed E-state index contributed by atoms with van der Waals surface area (Å²) in [6, 6.07) is 6.72. The molecule has 0 aliphatic heterocycles. The Morgan fingerprint density at radius 2 is 1.92 bits per heavy atom. The summed E-state index contributed by atoms with van der Waals surface area (Å²) >= 11 is 0. The quantitative estimate of drug-likeness (QED) is 0.623. The number of aromatic nitrogens is 2. The Labute approximate surface area is 150 Å². The summed E-state index contributed by atoms with van der Waals surface area (Å²) in [6.07, 6.45) is -2.15. The van der Waals surface area contributed by atoms with E-state index in [2.05, 4.69) is 9.97 Å². The SMILES string of the molecule is CCCCOc1ncc(C(F)(F)F)c(N(C)c2cccc(OCC)c2)n1. The van der Waals surface area contributed by atoms with Gasteiger partial charge in [0, 0.05) is 25.0 Å². The van der Waals surface area contributed by atoms with Crippen LogP contribution < -0.4 is 14.4 Å². The lowest BCUT2D eigenvalue weighted by Crippen LogP contribution is -2.19. The van der Waals surface area contributed by atoms with Crippen molar-refractivity contribution in [3.05, 3.63) is 36.0 Å². The lowest BCUT2D eigenvalue weighted by atomic mass is 10.2. The maximum absolute atomic E-state index is 13.4. The van der Waals surface area contributed by atoms with Gasteiger partial charge in [-0.3, -0.25) is 0 Å². The Balaban J connectivity index is 2.39. The summed E-state index contributed by atoms with van der Waals surface area (Å²) in [7, 11) is 1.51. The van der Waals surface area contributed by atoms with E-state index in [0.717, 1.165) is 19.0 Å². The van der Waals surface area contributed by atoms with Gasteiger partial charge in [0.2, 0.25) is 0 Å². The fraction of sp³-hybridized carbons (Fsp3) is 0.444. The van der Waals surface area contributed by atoms with Crippen molar-refractivity contribution in [1.82, 2.24) is 9.97 Å². The largest absolute Gasteiger partial charge is 0.494 e. The number of alkyl halides is 3. The summed E-state index contributed by atoms with van der Waals surface area (Å²) in [5.74, 6) is 0.298. The lowest BCUT2D eigenvalue weighted by molar-refractivity contribution is -0.137. The van der Waals surface area contributed by atoms with Gasteiger partial charge in [-0.2, -0.15) is 18.2 Å². The molecule has 0 radical (unpaired) electrons. The molecule has 2 aromatic rings. The second-order valence-electron chi connectivity index (χ2n) is 5.58. The maximum Gasteiger partial charge on any atom is 0.421 e. The third kappa shape index (κ3) is 5.00. The molecule has 1 aromatic heterocycles. The van der Waals surface area contributed by atoms with E-state index in [1.807, 2.05) is 13.8 Å². The van der Waals surface area contributed by atoms with E-state index < -0.39 is 11.7 Å². The van der Waals surface area contributed by atoms with Gasteiger partial charge in [-0.05, 0) is 25.5 Å². The number of halogens is 3. The molecule has 1 heterocycles. The molecule has 8 heteroatoms. The third-order valence-electron chi connectivity index (χ3n) is 3.61. The highest BCUT2D eigenvalue weighted by atomic mass is 19.4. The van der Waals surface area contributed by atoms with Crippen molar-refractivity contribution in [2.45, 2.75) is 32.9 Å². The Morgan fingerprint density at radius 1 is 1.15 bits per heavy atom. The molecular weight excluding hydrogens is 347 g/mol. The fourth-order valence-electron chi connectivity index (χ4n) is 2.26. The molecule has 0 N–H and O–H groups in total. The summed E-state index contributed by atoms with van der Waals surface area (Å²) in [6.45, 7) is 4.64. The number of nitrogens with zero attached hydrogens (tertiary/aromatic N) is 3. The van der Waals surface area contributed by atoms with Crippen LogP contribution in [0.25, 0.3) is 0 Å². The number of unbranched alkanes of at least 4 members (excludes halogenated alkanes) is 1. The van der Waals surface area contributed by atoms with E-state index in [1.54, 1.807) is 24.3 Å². The maximum atomic E-state index is 13.4. The molecule has 0 amide bonds. The molecular formula is C18H22F3N3O2. The van der Waals surface area contributed by atoms with E-state index in [0.29, 0.717) is 24.7 Å². The summed E-state index contributed by atoms with van der Waals surface area (Å²) in [4.78, 5) is 9.04. The Kier molecular flexibility index (Phi) is 6.65. The van der Waals surface area contributed by atoms with Gasteiger partial charge in [0.05, 0.1) is 13.2 Å². The molecule has 1 aromatic carbocycles. The zero-order chi connectivity index (χ0) is 19.2. The first-order valence-corrected chi connectivity index (χ1v) is 8.40. The van der Waals surface area contributed by atoms with Crippen LogP contribution in [0.1, 0.15) is 32.3 Å². The molecule has 0 atom stereocenters. The lowest BCUT2D eigenvalue weighted by Gasteiger charge is -2.23. The monoisotopic (exact) mass is 369 g/mol. The van der Waals surface area contributed by atoms with E-state index in [-0.39, 0.29) is 11.8 Å². The molecule has 5 nitrogen and oxygen atoms in total. The molecule has 0 saturated carbocycles. The Bertz CT molecular complexity index is 723. The molecule has 0 spiro atoms. The minimum Gasteiger partial charge on any atom is -0.494 e. The van der Waals surface area contributed by atoms with E-state index in [1.165, 1.54) is 11.9 Å². The molecule has 0 aliphatic carbocycles. The molecule has 0 saturated heterocycles. The van der Waals surface area contributed by atoms with Gasteiger partial charge in [0.15, 0.2) is 5.82 Å². The predicted molar refractivity (Wildman–Crippen MR) is 93.1 cm³/mol. The minimum atomic E-state index is -4.58. The average molecular weight is 369 g/mol.